The summed E-state index contributed by atoms with van der Waals surface area (Å²) in [4.78, 5) is 13.4. The number of aliphatic hydroxyl groups excluding tert-OH is 11. The van der Waals surface area contributed by atoms with Crippen molar-refractivity contribution in [2.45, 2.75) is 394 Å². The van der Waals surface area contributed by atoms with Gasteiger partial charge >= 0.3 is 0 Å². The normalized spacial score (nSPS) is 27.9. The molecule has 19 nitrogen and oxygen atoms in total. The van der Waals surface area contributed by atoms with Gasteiger partial charge in [-0.1, -0.05) is 269 Å². The number of carbonyl (C=O) groups excluding carboxylic acids is 1. The first-order valence-electron chi connectivity index (χ1n) is 37.2. The van der Waals surface area contributed by atoms with Gasteiger partial charge in [0.25, 0.3) is 0 Å². The number of hydrogen-bond acceptors (Lipinski definition) is 18. The first-order chi connectivity index (χ1) is 44.8. The van der Waals surface area contributed by atoms with Crippen molar-refractivity contribution >= 4 is 5.91 Å². The minimum Gasteiger partial charge on any atom is -0.394 e. The highest BCUT2D eigenvalue weighted by Crippen LogP contribution is 2.33. The number of rotatable bonds is 58. The van der Waals surface area contributed by atoms with Crippen molar-refractivity contribution in [3.63, 3.8) is 0 Å². The Morgan fingerprint density at radius 2 is 0.717 bits per heavy atom. The van der Waals surface area contributed by atoms with Crippen molar-refractivity contribution < 1.29 is 89.4 Å². The number of hydrogen-bond donors (Lipinski definition) is 12. The van der Waals surface area contributed by atoms with Gasteiger partial charge in [0.1, 0.15) is 73.2 Å². The van der Waals surface area contributed by atoms with Gasteiger partial charge in [0, 0.05) is 6.42 Å². The molecular formula is C73H135NO18. The zero-order valence-electron chi connectivity index (χ0n) is 57.3. The second-order valence-corrected chi connectivity index (χ2v) is 26.8. The van der Waals surface area contributed by atoms with Gasteiger partial charge in [-0.05, 0) is 51.4 Å². The van der Waals surface area contributed by atoms with Gasteiger partial charge in [-0.15, -0.1) is 0 Å². The Morgan fingerprint density at radius 1 is 0.391 bits per heavy atom. The fourth-order valence-corrected chi connectivity index (χ4v) is 12.6. The lowest BCUT2D eigenvalue weighted by molar-refractivity contribution is -0.379. The highest BCUT2D eigenvalue weighted by Gasteiger charge is 2.53. The standard InChI is InChI=1S/C73H135NO18/c1-3-5-7-9-11-13-15-17-19-21-23-24-25-26-27-28-29-30-31-32-33-35-37-39-41-43-45-47-49-51-61(79)74-56(57(78)50-48-46-44-42-40-38-36-34-22-20-18-16-14-12-10-8-6-4-2)55-87-71-67(85)64(82)69(59(53-76)89-71)92-73-68(86)65(83)70(60(54-77)90-73)91-72-66(84)63(81)62(80)58(52-75)88-72/h15,17,21,23,48,50,56-60,62-73,75-78,80-86H,3-14,16,18-20,22,24-47,49,51-55H2,1-2H3,(H,74,79)/b17-15-,23-21-,50-48+. The summed E-state index contributed by atoms with van der Waals surface area (Å²) in [6, 6.07) is -0.972. The minimum atomic E-state index is -1.98. The number of aliphatic hydroxyl groups is 11. The molecule has 3 aliphatic heterocycles. The van der Waals surface area contributed by atoms with Gasteiger partial charge in [-0.2, -0.15) is 0 Å². The monoisotopic (exact) mass is 1310 g/mol. The largest absolute Gasteiger partial charge is 0.394 e. The molecule has 0 saturated carbocycles. The van der Waals surface area contributed by atoms with Crippen LogP contribution >= 0.6 is 0 Å². The predicted molar refractivity (Wildman–Crippen MR) is 360 cm³/mol. The van der Waals surface area contributed by atoms with E-state index in [1.54, 1.807) is 6.08 Å². The lowest BCUT2D eigenvalue weighted by Crippen LogP contribution is -2.66. The van der Waals surface area contributed by atoms with Gasteiger partial charge < -0.3 is 89.9 Å². The van der Waals surface area contributed by atoms with Crippen molar-refractivity contribution in [2.75, 3.05) is 26.4 Å². The van der Waals surface area contributed by atoms with Crippen LogP contribution in [-0.2, 0) is 33.2 Å². The Kier molecular flexibility index (Phi) is 50.3. The molecule has 12 N–H and O–H groups in total. The summed E-state index contributed by atoms with van der Waals surface area (Å²) in [6.07, 6.45) is 38.3. The summed E-state index contributed by atoms with van der Waals surface area (Å²) in [5.41, 5.74) is 0. The molecule has 3 rings (SSSR count). The summed E-state index contributed by atoms with van der Waals surface area (Å²) in [5.74, 6) is -0.271. The van der Waals surface area contributed by atoms with Crippen LogP contribution < -0.4 is 5.32 Å². The SMILES string of the molecule is CCCCCCC/C=C\C/C=C\CCCCCCCCCCCCCCCCCCCC(=O)NC(COC1OC(CO)C(OC2OC(CO)C(OC3OC(CO)C(O)C(O)C3O)C(O)C2O)C(O)C1O)C(O)/C=C/CCCCCCCCCCCCCCCCCC. The van der Waals surface area contributed by atoms with Gasteiger partial charge in [0.15, 0.2) is 18.9 Å². The fourth-order valence-electron chi connectivity index (χ4n) is 12.6. The van der Waals surface area contributed by atoms with Crippen LogP contribution in [0.3, 0.4) is 0 Å². The molecule has 540 valence electrons. The lowest BCUT2D eigenvalue weighted by atomic mass is 9.96. The third-order valence-electron chi connectivity index (χ3n) is 18.7. The number of allylic oxidation sites excluding steroid dienone is 5. The van der Waals surface area contributed by atoms with Crippen LogP contribution in [0.1, 0.15) is 290 Å². The maximum absolute atomic E-state index is 13.4. The van der Waals surface area contributed by atoms with Crippen LogP contribution in [0.5, 0.6) is 0 Å². The molecule has 19 heteroatoms. The summed E-state index contributed by atoms with van der Waals surface area (Å²) >= 11 is 0. The van der Waals surface area contributed by atoms with Gasteiger partial charge in [-0.25, -0.2) is 0 Å². The molecule has 17 unspecified atom stereocenters. The number of ether oxygens (including phenoxy) is 6. The van der Waals surface area contributed by atoms with E-state index in [1.807, 2.05) is 6.08 Å². The minimum absolute atomic E-state index is 0.246. The van der Waals surface area contributed by atoms with E-state index in [0.29, 0.717) is 6.42 Å². The number of carbonyl (C=O) groups is 1. The Morgan fingerprint density at radius 3 is 1.11 bits per heavy atom. The van der Waals surface area contributed by atoms with Gasteiger partial charge in [0.05, 0.1) is 38.6 Å². The second-order valence-electron chi connectivity index (χ2n) is 26.8. The number of unbranched alkanes of at least 4 members (excludes halogenated alkanes) is 38. The number of amides is 1. The average Bonchev–Trinajstić information content (AvgIpc) is 0.834. The van der Waals surface area contributed by atoms with E-state index in [2.05, 4.69) is 43.5 Å². The van der Waals surface area contributed by atoms with E-state index in [9.17, 15) is 61.0 Å². The molecule has 3 heterocycles. The van der Waals surface area contributed by atoms with E-state index in [4.69, 9.17) is 28.4 Å². The van der Waals surface area contributed by atoms with Crippen LogP contribution in [0.2, 0.25) is 0 Å². The third-order valence-corrected chi connectivity index (χ3v) is 18.7. The fraction of sp³-hybridized carbons (Fsp3) is 0.904. The van der Waals surface area contributed by atoms with Crippen LogP contribution in [0.25, 0.3) is 0 Å². The Hall–Kier alpha value is -1.99. The average molecular weight is 1310 g/mol. The third kappa shape index (κ3) is 36.0. The molecule has 3 saturated heterocycles. The zero-order chi connectivity index (χ0) is 66.8. The van der Waals surface area contributed by atoms with Crippen molar-refractivity contribution in [3.05, 3.63) is 36.5 Å². The molecular weight excluding hydrogens is 1180 g/mol. The van der Waals surface area contributed by atoms with Crippen LogP contribution in [-0.4, -0.2) is 193 Å². The van der Waals surface area contributed by atoms with Gasteiger partial charge in [-0.3, -0.25) is 4.79 Å². The van der Waals surface area contributed by atoms with E-state index in [-0.39, 0.29) is 18.9 Å². The first-order valence-corrected chi connectivity index (χ1v) is 37.2. The smallest absolute Gasteiger partial charge is 0.220 e. The zero-order valence-corrected chi connectivity index (χ0v) is 57.3. The van der Waals surface area contributed by atoms with E-state index >= 15 is 0 Å². The second kappa shape index (κ2) is 55.0. The molecule has 0 aromatic rings. The Labute approximate surface area is 555 Å². The van der Waals surface area contributed by atoms with Crippen LogP contribution in [0, 0.1) is 0 Å². The highest BCUT2D eigenvalue weighted by atomic mass is 16.8. The first kappa shape index (κ1) is 84.2. The van der Waals surface area contributed by atoms with E-state index in [1.165, 1.54) is 212 Å². The van der Waals surface area contributed by atoms with Crippen molar-refractivity contribution in [1.29, 1.82) is 0 Å². The Bertz CT molecular complexity index is 1810. The molecule has 0 aliphatic carbocycles. The maximum Gasteiger partial charge on any atom is 0.220 e. The highest BCUT2D eigenvalue weighted by molar-refractivity contribution is 5.76. The van der Waals surface area contributed by atoms with Crippen molar-refractivity contribution in [3.8, 4) is 0 Å². The summed E-state index contributed by atoms with van der Waals surface area (Å²) < 4.78 is 34.4. The molecule has 0 spiro atoms. The molecule has 3 fully saturated rings. The van der Waals surface area contributed by atoms with Crippen molar-refractivity contribution in [2.24, 2.45) is 0 Å². The summed E-state index contributed by atoms with van der Waals surface area (Å²) in [6.45, 7) is 1.76. The predicted octanol–water partition coefficient (Wildman–Crippen LogP) is 10.8. The summed E-state index contributed by atoms with van der Waals surface area (Å²) in [5, 5.41) is 121. The number of nitrogens with one attached hydrogen (secondary N) is 1. The topological polar surface area (TPSA) is 307 Å². The van der Waals surface area contributed by atoms with Gasteiger partial charge in [0.2, 0.25) is 5.91 Å². The summed E-state index contributed by atoms with van der Waals surface area (Å²) in [7, 11) is 0. The maximum atomic E-state index is 13.4. The molecule has 3 aliphatic rings. The molecule has 0 aromatic heterocycles. The van der Waals surface area contributed by atoms with E-state index in [0.717, 1.165) is 51.4 Å². The quantitative estimate of drug-likeness (QED) is 0.0199. The van der Waals surface area contributed by atoms with Crippen molar-refractivity contribution in [1.82, 2.24) is 5.32 Å². The molecule has 0 bridgehead atoms. The molecule has 17 atom stereocenters. The molecule has 0 aromatic carbocycles. The van der Waals surface area contributed by atoms with Crippen LogP contribution in [0.4, 0.5) is 0 Å². The lowest BCUT2D eigenvalue weighted by Gasteiger charge is -2.48. The molecule has 0 radical (unpaired) electrons. The van der Waals surface area contributed by atoms with Crippen LogP contribution in [0.15, 0.2) is 36.5 Å². The Balaban J connectivity index is 1.39. The molecule has 92 heavy (non-hydrogen) atoms. The molecule has 1 amide bonds. The van der Waals surface area contributed by atoms with E-state index < -0.39 is 124 Å².